The van der Waals surface area contributed by atoms with E-state index in [0.717, 1.165) is 10.4 Å². The molecule has 182 valence electrons. The molecule has 1 amide bonds. The average Bonchev–Trinajstić information content (AvgIpc) is 2.78. The van der Waals surface area contributed by atoms with E-state index >= 15 is 0 Å². The Morgan fingerprint density at radius 3 is 2.18 bits per heavy atom. The summed E-state index contributed by atoms with van der Waals surface area (Å²) in [5.74, 6) is -0.687. The van der Waals surface area contributed by atoms with E-state index in [-0.39, 0.29) is 39.5 Å². The lowest BCUT2D eigenvalue weighted by Crippen LogP contribution is -2.30. The zero-order chi connectivity index (χ0) is 25.3. The van der Waals surface area contributed by atoms with E-state index in [4.69, 9.17) is 0 Å². The molecule has 34 heavy (non-hydrogen) atoms. The fourth-order valence-corrected chi connectivity index (χ4v) is 5.87. The predicted molar refractivity (Wildman–Crippen MR) is 130 cm³/mol. The predicted octanol–water partition coefficient (Wildman–Crippen LogP) is 2.06. The molecule has 3 aromatic rings. The molecule has 0 aliphatic heterocycles. The zero-order valence-electron chi connectivity index (χ0n) is 19.2. The van der Waals surface area contributed by atoms with Gasteiger partial charge in [0.15, 0.2) is 0 Å². The minimum Gasteiger partial charge on any atom is -0.322 e. The number of amides is 1. The third-order valence-electron chi connectivity index (χ3n) is 5.27. The number of aromatic amines is 1. The Hall–Kier alpha value is -3.06. The molecule has 0 unspecified atom stereocenters. The van der Waals surface area contributed by atoms with Crippen molar-refractivity contribution in [3.63, 3.8) is 0 Å². The van der Waals surface area contributed by atoms with Crippen molar-refractivity contribution in [2.45, 2.75) is 23.6 Å². The molecule has 0 radical (unpaired) electrons. The minimum absolute atomic E-state index is 0.0103. The summed E-state index contributed by atoms with van der Waals surface area (Å²) in [6.07, 6.45) is 0. The molecule has 2 N–H and O–H groups in total. The van der Waals surface area contributed by atoms with Gasteiger partial charge in [-0.25, -0.2) is 21.1 Å². The van der Waals surface area contributed by atoms with Gasteiger partial charge in [0.25, 0.3) is 5.91 Å². The average molecular weight is 507 g/mol. The monoisotopic (exact) mass is 506 g/mol. The van der Waals surface area contributed by atoms with Gasteiger partial charge in [-0.2, -0.15) is 4.31 Å². The smallest absolute Gasteiger partial charge is 0.256 e. The van der Waals surface area contributed by atoms with Gasteiger partial charge in [-0.15, -0.1) is 0 Å². The number of hydrogen-bond acceptors (Lipinski definition) is 6. The fourth-order valence-electron chi connectivity index (χ4n) is 3.44. The maximum atomic E-state index is 13.1. The number of sulfonamides is 2. The van der Waals surface area contributed by atoms with Gasteiger partial charge in [-0.3, -0.25) is 9.59 Å². The highest BCUT2D eigenvalue weighted by atomic mass is 32.2. The van der Waals surface area contributed by atoms with Crippen LogP contribution in [-0.2, 0) is 20.0 Å². The fraction of sp³-hybridized carbons (Fsp3) is 0.273. The zero-order valence-corrected chi connectivity index (χ0v) is 20.8. The van der Waals surface area contributed by atoms with Crippen molar-refractivity contribution < 1.29 is 21.6 Å². The first-order valence-electron chi connectivity index (χ1n) is 10.4. The number of hydrogen-bond donors (Lipinski definition) is 2. The molecule has 3 rings (SSSR count). The number of anilines is 1. The molecule has 0 saturated carbocycles. The second-order valence-corrected chi connectivity index (χ2v) is 11.7. The van der Waals surface area contributed by atoms with Crippen LogP contribution >= 0.6 is 0 Å². The van der Waals surface area contributed by atoms with Crippen molar-refractivity contribution in [2.75, 3.05) is 32.5 Å². The highest BCUT2D eigenvalue weighted by molar-refractivity contribution is 7.89. The largest absolute Gasteiger partial charge is 0.322 e. The molecule has 10 nitrogen and oxygen atoms in total. The van der Waals surface area contributed by atoms with Gasteiger partial charge < -0.3 is 10.3 Å². The number of nitrogens with zero attached hydrogens (tertiary/aromatic N) is 2. The maximum absolute atomic E-state index is 13.1. The summed E-state index contributed by atoms with van der Waals surface area (Å²) in [5.41, 5.74) is -0.0921. The van der Waals surface area contributed by atoms with E-state index in [0.29, 0.717) is 5.52 Å². The third kappa shape index (κ3) is 4.89. The van der Waals surface area contributed by atoms with Gasteiger partial charge in [0, 0.05) is 49.8 Å². The van der Waals surface area contributed by atoms with E-state index in [2.05, 4.69) is 10.3 Å². The Morgan fingerprint density at radius 1 is 0.912 bits per heavy atom. The Kier molecular flexibility index (Phi) is 7.26. The molecular formula is C22H26N4O6S2. The van der Waals surface area contributed by atoms with Crippen molar-refractivity contribution >= 4 is 42.5 Å². The topological polar surface area (TPSA) is 137 Å². The lowest BCUT2D eigenvalue weighted by atomic mass is 10.1. The van der Waals surface area contributed by atoms with Crippen LogP contribution in [0.25, 0.3) is 10.9 Å². The van der Waals surface area contributed by atoms with E-state index < -0.39 is 31.5 Å². The molecule has 1 aromatic heterocycles. The number of carbonyl (C=O) groups is 1. The third-order valence-corrected chi connectivity index (χ3v) is 9.13. The number of pyridine rings is 1. The normalized spacial score (nSPS) is 12.4. The SMILES string of the molecule is CCN(CC)S(=O)(=O)c1ccc2[nH]c(=O)cc(C(=O)Nc3cccc(S(=O)(=O)N(C)C)c3)c2c1. The van der Waals surface area contributed by atoms with Gasteiger partial charge in [0.2, 0.25) is 25.6 Å². The van der Waals surface area contributed by atoms with Gasteiger partial charge in [0.1, 0.15) is 0 Å². The van der Waals surface area contributed by atoms with E-state index in [1.54, 1.807) is 13.8 Å². The van der Waals surface area contributed by atoms with Crippen molar-refractivity contribution in [1.82, 2.24) is 13.6 Å². The summed E-state index contributed by atoms with van der Waals surface area (Å²) in [6.45, 7) is 4.01. The van der Waals surface area contributed by atoms with Gasteiger partial charge in [-0.1, -0.05) is 19.9 Å². The molecule has 0 aliphatic carbocycles. The molecule has 1 heterocycles. The Morgan fingerprint density at radius 2 is 1.56 bits per heavy atom. The van der Waals surface area contributed by atoms with Crippen molar-refractivity contribution in [2.24, 2.45) is 0 Å². The first-order chi connectivity index (χ1) is 15.9. The second kappa shape index (κ2) is 9.66. The Balaban J connectivity index is 2.08. The molecule has 0 bridgehead atoms. The van der Waals surface area contributed by atoms with Crippen LogP contribution in [0.4, 0.5) is 5.69 Å². The van der Waals surface area contributed by atoms with Crippen LogP contribution in [-0.4, -0.2) is 63.5 Å². The highest BCUT2D eigenvalue weighted by Crippen LogP contribution is 2.24. The Bertz CT molecular complexity index is 1510. The van der Waals surface area contributed by atoms with Crippen LogP contribution in [0.2, 0.25) is 0 Å². The molecule has 0 saturated heterocycles. The number of rotatable bonds is 8. The van der Waals surface area contributed by atoms with Crippen molar-refractivity contribution in [1.29, 1.82) is 0 Å². The van der Waals surface area contributed by atoms with Crippen molar-refractivity contribution in [3.05, 3.63) is 64.4 Å². The summed E-state index contributed by atoms with van der Waals surface area (Å²) in [5, 5.41) is 2.84. The van der Waals surface area contributed by atoms with Crippen LogP contribution in [0.1, 0.15) is 24.2 Å². The summed E-state index contributed by atoms with van der Waals surface area (Å²) >= 11 is 0. The Labute approximate surface area is 198 Å². The molecule has 0 fully saturated rings. The molecular weight excluding hydrogens is 480 g/mol. The summed E-state index contributed by atoms with van der Waals surface area (Å²) < 4.78 is 53.1. The number of benzene rings is 2. The maximum Gasteiger partial charge on any atom is 0.256 e. The number of H-pyrrole nitrogens is 1. The number of fused-ring (bicyclic) bond motifs is 1. The van der Waals surface area contributed by atoms with Gasteiger partial charge in [-0.05, 0) is 36.4 Å². The van der Waals surface area contributed by atoms with E-state index in [1.165, 1.54) is 60.9 Å². The quantitative estimate of drug-likeness (QED) is 0.480. The van der Waals surface area contributed by atoms with E-state index in [9.17, 15) is 26.4 Å². The van der Waals surface area contributed by atoms with Crippen LogP contribution in [0.5, 0.6) is 0 Å². The lowest BCUT2D eigenvalue weighted by molar-refractivity contribution is 0.102. The summed E-state index contributed by atoms with van der Waals surface area (Å²) in [7, 11) is -4.73. The highest BCUT2D eigenvalue weighted by Gasteiger charge is 2.23. The van der Waals surface area contributed by atoms with Gasteiger partial charge in [0.05, 0.1) is 15.4 Å². The number of carbonyl (C=O) groups excluding carboxylic acids is 1. The first-order valence-corrected chi connectivity index (χ1v) is 13.3. The summed E-state index contributed by atoms with van der Waals surface area (Å²) in [6, 6.07) is 10.9. The van der Waals surface area contributed by atoms with Crippen LogP contribution < -0.4 is 10.9 Å². The molecule has 0 aliphatic rings. The van der Waals surface area contributed by atoms with E-state index in [1.807, 2.05) is 0 Å². The first kappa shape index (κ1) is 25.6. The van der Waals surface area contributed by atoms with Crippen LogP contribution in [0.3, 0.4) is 0 Å². The molecule has 0 spiro atoms. The molecule has 0 atom stereocenters. The lowest BCUT2D eigenvalue weighted by Gasteiger charge is -2.19. The van der Waals surface area contributed by atoms with Crippen LogP contribution in [0.15, 0.2) is 63.1 Å². The standard InChI is InChI=1S/C22H26N4O6S2/c1-5-26(6-2)34(31,32)17-10-11-20-18(13-17)19(14-21(27)24-20)22(28)23-15-8-7-9-16(12-15)33(29,30)25(3)4/h7-14H,5-6H2,1-4H3,(H,23,28)(H,24,27). The van der Waals surface area contributed by atoms with Crippen LogP contribution in [0, 0.1) is 0 Å². The summed E-state index contributed by atoms with van der Waals surface area (Å²) in [4.78, 5) is 27.8. The number of aromatic nitrogens is 1. The molecule has 12 heteroatoms. The second-order valence-electron chi connectivity index (χ2n) is 7.61. The van der Waals surface area contributed by atoms with Gasteiger partial charge >= 0.3 is 0 Å². The molecule has 2 aromatic carbocycles. The van der Waals surface area contributed by atoms with Crippen molar-refractivity contribution in [3.8, 4) is 0 Å². The minimum atomic E-state index is -3.80. The number of nitrogens with one attached hydrogen (secondary N) is 2.